The third kappa shape index (κ3) is 1.95. The van der Waals surface area contributed by atoms with Gasteiger partial charge in [-0.25, -0.2) is 0 Å². The standard InChI is InChI=1S/C9H14N2O/c1-7(10-2)8-4-9(12-3)6-11-5-8/h4-7,10H,1-3H3. The minimum absolute atomic E-state index is 0.313. The summed E-state index contributed by atoms with van der Waals surface area (Å²) >= 11 is 0. The number of methoxy groups -OCH3 is 1. The summed E-state index contributed by atoms with van der Waals surface area (Å²) in [4.78, 5) is 4.06. The Morgan fingerprint density at radius 2 is 2.25 bits per heavy atom. The fraction of sp³-hybridized carbons (Fsp3) is 0.444. The molecule has 1 rings (SSSR count). The van der Waals surface area contributed by atoms with E-state index in [-0.39, 0.29) is 0 Å². The molecular formula is C9H14N2O. The van der Waals surface area contributed by atoms with Crippen LogP contribution >= 0.6 is 0 Å². The van der Waals surface area contributed by atoms with Crippen molar-refractivity contribution < 1.29 is 4.74 Å². The van der Waals surface area contributed by atoms with E-state index in [9.17, 15) is 0 Å². The Morgan fingerprint density at radius 3 is 2.83 bits per heavy atom. The molecule has 0 radical (unpaired) electrons. The molecule has 0 saturated carbocycles. The first-order valence-corrected chi connectivity index (χ1v) is 3.94. The normalized spacial score (nSPS) is 12.6. The lowest BCUT2D eigenvalue weighted by atomic mass is 10.1. The molecule has 0 fully saturated rings. The Kier molecular flexibility index (Phi) is 3.05. The maximum absolute atomic E-state index is 5.06. The van der Waals surface area contributed by atoms with Crippen molar-refractivity contribution in [3.05, 3.63) is 24.0 Å². The molecule has 0 aliphatic rings. The van der Waals surface area contributed by atoms with Crippen LogP contribution in [0.1, 0.15) is 18.5 Å². The number of nitrogens with zero attached hydrogens (tertiary/aromatic N) is 1. The summed E-state index contributed by atoms with van der Waals surface area (Å²) in [5.74, 6) is 0.801. The van der Waals surface area contributed by atoms with E-state index in [4.69, 9.17) is 4.74 Å². The highest BCUT2D eigenvalue weighted by Crippen LogP contribution is 2.16. The molecule has 0 saturated heterocycles. The maximum atomic E-state index is 5.06. The summed E-state index contributed by atoms with van der Waals surface area (Å²) < 4.78 is 5.06. The highest BCUT2D eigenvalue weighted by Gasteiger charge is 2.02. The number of pyridine rings is 1. The van der Waals surface area contributed by atoms with Crippen LogP contribution < -0.4 is 10.1 Å². The molecule has 1 aromatic heterocycles. The number of rotatable bonds is 3. The van der Waals surface area contributed by atoms with E-state index in [1.807, 2.05) is 19.3 Å². The largest absolute Gasteiger partial charge is 0.495 e. The Balaban J connectivity index is 2.86. The first-order chi connectivity index (χ1) is 5.77. The van der Waals surface area contributed by atoms with Gasteiger partial charge in [0, 0.05) is 12.2 Å². The SMILES string of the molecule is CNC(C)c1cncc(OC)c1. The fourth-order valence-corrected chi connectivity index (χ4v) is 0.951. The smallest absolute Gasteiger partial charge is 0.137 e. The Labute approximate surface area is 72.8 Å². The molecule has 1 aromatic rings. The summed E-state index contributed by atoms with van der Waals surface area (Å²) in [6.45, 7) is 2.08. The number of nitrogens with one attached hydrogen (secondary N) is 1. The van der Waals surface area contributed by atoms with Gasteiger partial charge >= 0.3 is 0 Å². The average Bonchev–Trinajstić information content (AvgIpc) is 2.17. The van der Waals surface area contributed by atoms with Crippen LogP contribution in [0.5, 0.6) is 5.75 Å². The molecule has 66 valence electrons. The number of ether oxygens (including phenoxy) is 1. The molecule has 3 nitrogen and oxygen atoms in total. The molecular weight excluding hydrogens is 152 g/mol. The van der Waals surface area contributed by atoms with Crippen molar-refractivity contribution in [3.63, 3.8) is 0 Å². The van der Waals surface area contributed by atoms with Gasteiger partial charge in [0.05, 0.1) is 13.3 Å². The van der Waals surface area contributed by atoms with Gasteiger partial charge in [0.25, 0.3) is 0 Å². The lowest BCUT2D eigenvalue weighted by Crippen LogP contribution is -2.12. The van der Waals surface area contributed by atoms with Crippen molar-refractivity contribution in [1.29, 1.82) is 0 Å². The zero-order chi connectivity index (χ0) is 8.97. The van der Waals surface area contributed by atoms with Gasteiger partial charge < -0.3 is 10.1 Å². The first-order valence-electron chi connectivity index (χ1n) is 3.94. The van der Waals surface area contributed by atoms with Crippen molar-refractivity contribution in [3.8, 4) is 5.75 Å². The van der Waals surface area contributed by atoms with Crippen molar-refractivity contribution in [2.45, 2.75) is 13.0 Å². The number of hydrogen-bond donors (Lipinski definition) is 1. The van der Waals surface area contributed by atoms with E-state index >= 15 is 0 Å². The number of hydrogen-bond acceptors (Lipinski definition) is 3. The van der Waals surface area contributed by atoms with Crippen LogP contribution in [0.4, 0.5) is 0 Å². The molecule has 1 heterocycles. The minimum Gasteiger partial charge on any atom is -0.495 e. The molecule has 1 atom stereocenters. The molecule has 0 bridgehead atoms. The Hall–Kier alpha value is -1.09. The van der Waals surface area contributed by atoms with Crippen molar-refractivity contribution >= 4 is 0 Å². The zero-order valence-corrected chi connectivity index (χ0v) is 7.66. The molecule has 12 heavy (non-hydrogen) atoms. The van der Waals surface area contributed by atoms with E-state index in [2.05, 4.69) is 17.2 Å². The van der Waals surface area contributed by atoms with E-state index in [1.54, 1.807) is 13.3 Å². The van der Waals surface area contributed by atoms with Gasteiger partial charge in [-0.3, -0.25) is 4.98 Å². The van der Waals surface area contributed by atoms with Gasteiger partial charge in [0.1, 0.15) is 5.75 Å². The predicted molar refractivity (Wildman–Crippen MR) is 48.3 cm³/mol. The molecule has 0 aliphatic heterocycles. The molecule has 0 aromatic carbocycles. The molecule has 1 unspecified atom stereocenters. The average molecular weight is 166 g/mol. The monoisotopic (exact) mass is 166 g/mol. The Bertz CT molecular complexity index is 250. The third-order valence-corrected chi connectivity index (χ3v) is 1.90. The summed E-state index contributed by atoms with van der Waals surface area (Å²) in [6, 6.07) is 2.29. The second-order valence-electron chi connectivity index (χ2n) is 2.67. The van der Waals surface area contributed by atoms with Gasteiger partial charge in [-0.05, 0) is 25.6 Å². The van der Waals surface area contributed by atoms with Gasteiger partial charge in [-0.1, -0.05) is 0 Å². The maximum Gasteiger partial charge on any atom is 0.137 e. The fourth-order valence-electron chi connectivity index (χ4n) is 0.951. The van der Waals surface area contributed by atoms with E-state index < -0.39 is 0 Å². The summed E-state index contributed by atoms with van der Waals surface area (Å²) in [5.41, 5.74) is 1.14. The zero-order valence-electron chi connectivity index (χ0n) is 7.66. The highest BCUT2D eigenvalue weighted by atomic mass is 16.5. The van der Waals surface area contributed by atoms with Crippen LogP contribution in [0.2, 0.25) is 0 Å². The lowest BCUT2D eigenvalue weighted by molar-refractivity contribution is 0.411. The van der Waals surface area contributed by atoms with Crippen LogP contribution in [-0.4, -0.2) is 19.1 Å². The summed E-state index contributed by atoms with van der Waals surface area (Å²) in [5, 5.41) is 3.14. The van der Waals surface area contributed by atoms with Crippen LogP contribution in [0, 0.1) is 0 Å². The summed E-state index contributed by atoms with van der Waals surface area (Å²) in [7, 11) is 3.56. The topological polar surface area (TPSA) is 34.2 Å². The van der Waals surface area contributed by atoms with Crippen molar-refractivity contribution in [1.82, 2.24) is 10.3 Å². The molecule has 0 aliphatic carbocycles. The van der Waals surface area contributed by atoms with E-state index in [1.165, 1.54) is 0 Å². The Morgan fingerprint density at radius 1 is 1.50 bits per heavy atom. The second-order valence-corrected chi connectivity index (χ2v) is 2.67. The van der Waals surface area contributed by atoms with Crippen LogP contribution in [0.25, 0.3) is 0 Å². The summed E-state index contributed by atoms with van der Waals surface area (Å²) in [6.07, 6.45) is 3.54. The minimum atomic E-state index is 0.313. The van der Waals surface area contributed by atoms with Crippen LogP contribution in [0.15, 0.2) is 18.5 Å². The van der Waals surface area contributed by atoms with Gasteiger partial charge in [-0.2, -0.15) is 0 Å². The van der Waals surface area contributed by atoms with E-state index in [0.717, 1.165) is 11.3 Å². The molecule has 0 spiro atoms. The molecule has 3 heteroatoms. The van der Waals surface area contributed by atoms with Crippen LogP contribution in [-0.2, 0) is 0 Å². The van der Waals surface area contributed by atoms with Gasteiger partial charge in [-0.15, -0.1) is 0 Å². The lowest BCUT2D eigenvalue weighted by Gasteiger charge is -2.10. The van der Waals surface area contributed by atoms with Crippen LogP contribution in [0.3, 0.4) is 0 Å². The van der Waals surface area contributed by atoms with Gasteiger partial charge in [0.15, 0.2) is 0 Å². The quantitative estimate of drug-likeness (QED) is 0.736. The molecule has 0 amide bonds. The van der Waals surface area contributed by atoms with Gasteiger partial charge in [0.2, 0.25) is 0 Å². The predicted octanol–water partition coefficient (Wildman–Crippen LogP) is 1.37. The second kappa shape index (κ2) is 4.07. The van der Waals surface area contributed by atoms with Crippen molar-refractivity contribution in [2.24, 2.45) is 0 Å². The first kappa shape index (κ1) is 9.00. The third-order valence-electron chi connectivity index (χ3n) is 1.90. The molecule has 1 N–H and O–H groups in total. The van der Waals surface area contributed by atoms with Crippen molar-refractivity contribution in [2.75, 3.05) is 14.2 Å². The highest BCUT2D eigenvalue weighted by molar-refractivity contribution is 5.25. The van der Waals surface area contributed by atoms with E-state index in [0.29, 0.717) is 6.04 Å². The number of aromatic nitrogens is 1.